The second-order valence-corrected chi connectivity index (χ2v) is 4.86. The lowest BCUT2D eigenvalue weighted by Gasteiger charge is -2.15. The second-order valence-electron chi connectivity index (χ2n) is 4.14. The minimum Gasteiger partial charge on any atom is -0.330 e. The van der Waals surface area contributed by atoms with Crippen molar-refractivity contribution in [2.24, 2.45) is 5.73 Å². The van der Waals surface area contributed by atoms with Crippen molar-refractivity contribution in [1.82, 2.24) is 15.0 Å². The third-order valence-electron chi connectivity index (χ3n) is 2.83. The van der Waals surface area contributed by atoms with E-state index in [4.69, 9.17) is 5.73 Å². The molecule has 0 amide bonds. The highest BCUT2D eigenvalue weighted by molar-refractivity contribution is 7.07. The van der Waals surface area contributed by atoms with E-state index in [1.807, 2.05) is 19.2 Å². The first kappa shape index (κ1) is 12.1. The van der Waals surface area contributed by atoms with Crippen molar-refractivity contribution in [2.75, 3.05) is 6.54 Å². The predicted molar refractivity (Wildman–Crippen MR) is 70.1 cm³/mol. The van der Waals surface area contributed by atoms with Crippen molar-refractivity contribution in [1.29, 1.82) is 0 Å². The smallest absolute Gasteiger partial charge is 0.179 e. The zero-order valence-corrected chi connectivity index (χ0v) is 11.1. The third-order valence-corrected chi connectivity index (χ3v) is 3.42. The molecular weight excluding hydrogens is 232 g/mol. The topological polar surface area (TPSA) is 64.7 Å². The van der Waals surface area contributed by atoms with E-state index in [0.717, 1.165) is 22.6 Å². The number of hydrogen-bond acceptors (Lipinski definition) is 5. The maximum absolute atomic E-state index is 5.71. The van der Waals surface area contributed by atoms with Crippen LogP contribution in [0.2, 0.25) is 0 Å². The molecule has 2 rings (SSSR count). The average molecular weight is 248 g/mol. The van der Waals surface area contributed by atoms with Gasteiger partial charge in [0.05, 0.1) is 5.51 Å². The Morgan fingerprint density at radius 1 is 1.29 bits per heavy atom. The van der Waals surface area contributed by atoms with E-state index >= 15 is 0 Å². The van der Waals surface area contributed by atoms with Crippen molar-refractivity contribution in [3.05, 3.63) is 27.8 Å². The lowest BCUT2D eigenvalue weighted by atomic mass is 9.98. The molecule has 0 spiro atoms. The number of nitrogens with two attached hydrogens (primary N) is 1. The molecule has 5 heteroatoms. The number of aryl methyl sites for hydroxylation is 2. The maximum atomic E-state index is 5.71. The quantitative estimate of drug-likeness (QED) is 0.905. The van der Waals surface area contributed by atoms with Crippen LogP contribution >= 0.6 is 11.3 Å². The molecule has 0 aliphatic rings. The van der Waals surface area contributed by atoms with Gasteiger partial charge in [-0.05, 0) is 31.9 Å². The molecule has 0 aliphatic carbocycles. The fourth-order valence-corrected chi connectivity index (χ4v) is 2.52. The van der Waals surface area contributed by atoms with Gasteiger partial charge in [-0.25, -0.2) is 15.0 Å². The van der Waals surface area contributed by atoms with Gasteiger partial charge in [-0.15, -0.1) is 11.3 Å². The summed E-state index contributed by atoms with van der Waals surface area (Å²) < 4.78 is 0. The molecule has 2 N–H and O–H groups in total. The zero-order valence-electron chi connectivity index (χ0n) is 10.3. The summed E-state index contributed by atoms with van der Waals surface area (Å²) in [6.07, 6.45) is 0. The molecule has 17 heavy (non-hydrogen) atoms. The molecule has 1 atom stereocenters. The van der Waals surface area contributed by atoms with Gasteiger partial charge < -0.3 is 5.73 Å². The monoisotopic (exact) mass is 248 g/mol. The molecule has 4 nitrogen and oxygen atoms in total. The van der Waals surface area contributed by atoms with E-state index in [-0.39, 0.29) is 0 Å². The molecule has 0 radical (unpaired) electrons. The number of rotatable bonds is 3. The lowest BCUT2D eigenvalue weighted by Crippen LogP contribution is -2.14. The highest BCUT2D eigenvalue weighted by atomic mass is 32.1. The van der Waals surface area contributed by atoms with E-state index in [1.165, 1.54) is 0 Å². The standard InChI is InChI=1S/C12H16N4S/c1-7(4-13)11-8(2)15-12(16-9(11)3)10-5-17-6-14-10/h5-7H,4,13H2,1-3H3. The Morgan fingerprint density at radius 3 is 2.41 bits per heavy atom. The minimum atomic E-state index is 0.291. The largest absolute Gasteiger partial charge is 0.330 e. The van der Waals surface area contributed by atoms with Gasteiger partial charge in [0.2, 0.25) is 0 Å². The van der Waals surface area contributed by atoms with Crippen molar-refractivity contribution >= 4 is 11.3 Å². The number of nitrogens with zero attached hydrogens (tertiary/aromatic N) is 3. The Balaban J connectivity index is 2.49. The Bertz CT molecular complexity index is 484. The zero-order chi connectivity index (χ0) is 12.4. The van der Waals surface area contributed by atoms with E-state index in [9.17, 15) is 0 Å². The van der Waals surface area contributed by atoms with Gasteiger partial charge in [0.25, 0.3) is 0 Å². The van der Waals surface area contributed by atoms with Crippen molar-refractivity contribution < 1.29 is 0 Å². The van der Waals surface area contributed by atoms with E-state index in [0.29, 0.717) is 18.3 Å². The van der Waals surface area contributed by atoms with Crippen molar-refractivity contribution in [2.45, 2.75) is 26.7 Å². The van der Waals surface area contributed by atoms with Crippen molar-refractivity contribution in [3.8, 4) is 11.5 Å². The summed E-state index contributed by atoms with van der Waals surface area (Å²) in [6, 6.07) is 0. The molecule has 1 unspecified atom stereocenters. The lowest BCUT2D eigenvalue weighted by molar-refractivity contribution is 0.743. The molecule has 0 aromatic carbocycles. The highest BCUT2D eigenvalue weighted by Gasteiger charge is 2.15. The average Bonchev–Trinajstić information content (AvgIpc) is 2.81. The molecule has 2 aromatic heterocycles. The fourth-order valence-electron chi connectivity index (χ4n) is 1.99. The molecule has 2 aromatic rings. The van der Waals surface area contributed by atoms with Gasteiger partial charge in [-0.1, -0.05) is 6.92 Å². The van der Waals surface area contributed by atoms with Crippen LogP contribution in [0.15, 0.2) is 10.9 Å². The normalized spacial score (nSPS) is 12.7. The van der Waals surface area contributed by atoms with Gasteiger partial charge in [0, 0.05) is 16.8 Å². The fraction of sp³-hybridized carbons (Fsp3) is 0.417. The van der Waals surface area contributed by atoms with Crippen LogP contribution in [0.25, 0.3) is 11.5 Å². The van der Waals surface area contributed by atoms with Crippen molar-refractivity contribution in [3.63, 3.8) is 0 Å². The second kappa shape index (κ2) is 4.89. The Labute approximate surface area is 105 Å². The summed E-state index contributed by atoms with van der Waals surface area (Å²) in [6.45, 7) is 6.72. The Hall–Kier alpha value is -1.33. The summed E-state index contributed by atoms with van der Waals surface area (Å²) in [5.41, 5.74) is 11.5. The van der Waals surface area contributed by atoms with E-state index in [1.54, 1.807) is 16.8 Å². The molecule has 0 bridgehead atoms. The summed E-state index contributed by atoms with van der Waals surface area (Å²) in [4.78, 5) is 13.3. The van der Waals surface area contributed by atoms with Crippen LogP contribution in [0.5, 0.6) is 0 Å². The van der Waals surface area contributed by atoms with Gasteiger partial charge in [0.1, 0.15) is 5.69 Å². The van der Waals surface area contributed by atoms with Crippen LogP contribution in [-0.4, -0.2) is 21.5 Å². The van der Waals surface area contributed by atoms with Crippen LogP contribution < -0.4 is 5.73 Å². The molecule has 0 aliphatic heterocycles. The predicted octanol–water partition coefficient (Wildman–Crippen LogP) is 2.28. The van der Waals surface area contributed by atoms with Crippen LogP contribution in [-0.2, 0) is 0 Å². The molecule has 0 fully saturated rings. The Morgan fingerprint density at radius 2 is 1.94 bits per heavy atom. The van der Waals surface area contributed by atoms with Gasteiger partial charge in [-0.3, -0.25) is 0 Å². The number of aromatic nitrogens is 3. The molecule has 0 saturated heterocycles. The van der Waals surface area contributed by atoms with Gasteiger partial charge in [-0.2, -0.15) is 0 Å². The first-order chi connectivity index (χ1) is 8.13. The van der Waals surface area contributed by atoms with Crippen LogP contribution in [0.3, 0.4) is 0 Å². The highest BCUT2D eigenvalue weighted by Crippen LogP contribution is 2.23. The van der Waals surface area contributed by atoms with Gasteiger partial charge in [0.15, 0.2) is 5.82 Å². The number of thiazole rings is 1. The first-order valence-electron chi connectivity index (χ1n) is 5.57. The van der Waals surface area contributed by atoms with Crippen LogP contribution in [0.4, 0.5) is 0 Å². The van der Waals surface area contributed by atoms with E-state index in [2.05, 4.69) is 21.9 Å². The SMILES string of the molecule is Cc1nc(-c2cscn2)nc(C)c1C(C)CN. The summed E-state index contributed by atoms with van der Waals surface area (Å²) >= 11 is 1.55. The molecular formula is C12H16N4S. The minimum absolute atomic E-state index is 0.291. The molecule has 2 heterocycles. The Kier molecular flexibility index (Phi) is 3.49. The van der Waals surface area contributed by atoms with Gasteiger partial charge >= 0.3 is 0 Å². The summed E-state index contributed by atoms with van der Waals surface area (Å²) in [7, 11) is 0. The van der Waals surface area contributed by atoms with Crippen LogP contribution in [0, 0.1) is 13.8 Å². The first-order valence-corrected chi connectivity index (χ1v) is 6.51. The maximum Gasteiger partial charge on any atom is 0.179 e. The van der Waals surface area contributed by atoms with E-state index < -0.39 is 0 Å². The number of hydrogen-bond donors (Lipinski definition) is 1. The summed E-state index contributed by atoms with van der Waals surface area (Å²) in [5, 5.41) is 1.96. The molecule has 0 saturated carbocycles. The molecule has 90 valence electrons. The third kappa shape index (κ3) is 2.35. The van der Waals surface area contributed by atoms with Crippen LogP contribution in [0.1, 0.15) is 29.8 Å². The summed E-state index contributed by atoms with van der Waals surface area (Å²) in [5.74, 6) is 0.994.